The zero-order chi connectivity index (χ0) is 13.7. The molecule has 0 aromatic heterocycles. The van der Waals surface area contributed by atoms with Crippen LogP contribution in [0.2, 0.25) is 0 Å². The van der Waals surface area contributed by atoms with Gasteiger partial charge in [-0.1, -0.05) is 18.9 Å². The lowest BCUT2D eigenvalue weighted by Gasteiger charge is -2.09. The van der Waals surface area contributed by atoms with Crippen molar-refractivity contribution in [2.24, 2.45) is 0 Å². The van der Waals surface area contributed by atoms with E-state index in [1.54, 1.807) is 18.2 Å². The molecule has 2 rings (SSSR count). The predicted molar refractivity (Wildman–Crippen MR) is 72.4 cm³/mol. The Hall–Kier alpha value is -1.84. The monoisotopic (exact) mass is 263 g/mol. The number of hydrogen-bond donors (Lipinski definition) is 1. The maximum absolute atomic E-state index is 13.4. The van der Waals surface area contributed by atoms with Crippen molar-refractivity contribution < 1.29 is 13.9 Å². The Labute approximate surface area is 112 Å². The third-order valence-corrected chi connectivity index (χ3v) is 3.30. The Bertz CT molecular complexity index is 479. The van der Waals surface area contributed by atoms with Gasteiger partial charge in [0.1, 0.15) is 0 Å². The minimum atomic E-state index is -0.430. The van der Waals surface area contributed by atoms with Gasteiger partial charge in [0.05, 0.1) is 7.11 Å². The van der Waals surface area contributed by atoms with Crippen molar-refractivity contribution in [2.45, 2.75) is 31.7 Å². The van der Waals surface area contributed by atoms with Crippen LogP contribution in [0.5, 0.6) is 5.75 Å². The van der Waals surface area contributed by atoms with Gasteiger partial charge in [-0.3, -0.25) is 4.79 Å². The molecule has 1 aliphatic rings. The van der Waals surface area contributed by atoms with Gasteiger partial charge in [-0.25, -0.2) is 4.39 Å². The Morgan fingerprint density at radius 2 is 2.16 bits per heavy atom. The number of nitrogens with one attached hydrogen (secondary N) is 1. The van der Waals surface area contributed by atoms with Gasteiger partial charge in [-0.05, 0) is 36.6 Å². The van der Waals surface area contributed by atoms with Crippen LogP contribution in [0.3, 0.4) is 0 Å². The molecule has 1 fully saturated rings. The van der Waals surface area contributed by atoms with E-state index in [4.69, 9.17) is 4.74 Å². The maximum atomic E-state index is 13.4. The summed E-state index contributed by atoms with van der Waals surface area (Å²) in [5.41, 5.74) is 0.639. The number of halogens is 1. The van der Waals surface area contributed by atoms with E-state index in [1.807, 2.05) is 0 Å². The van der Waals surface area contributed by atoms with Crippen LogP contribution >= 0.6 is 0 Å². The van der Waals surface area contributed by atoms with Gasteiger partial charge in [-0.15, -0.1) is 0 Å². The average Bonchev–Trinajstić information content (AvgIpc) is 2.89. The summed E-state index contributed by atoms with van der Waals surface area (Å²) in [5.74, 6) is -0.350. The van der Waals surface area contributed by atoms with Crippen molar-refractivity contribution in [3.63, 3.8) is 0 Å². The summed E-state index contributed by atoms with van der Waals surface area (Å²) in [6.45, 7) is 0. The van der Waals surface area contributed by atoms with Gasteiger partial charge in [0, 0.05) is 12.1 Å². The molecule has 0 atom stereocenters. The van der Waals surface area contributed by atoms with Gasteiger partial charge in [0.2, 0.25) is 5.91 Å². The highest BCUT2D eigenvalue weighted by Gasteiger charge is 2.15. The van der Waals surface area contributed by atoms with Crippen molar-refractivity contribution in [3.05, 3.63) is 35.7 Å². The molecule has 1 saturated carbocycles. The molecular weight excluding hydrogens is 245 g/mol. The molecule has 102 valence electrons. The maximum Gasteiger partial charge on any atom is 0.244 e. The first-order valence-corrected chi connectivity index (χ1v) is 6.51. The summed E-state index contributed by atoms with van der Waals surface area (Å²) in [5, 5.41) is 2.94. The van der Waals surface area contributed by atoms with Gasteiger partial charge in [0.15, 0.2) is 11.6 Å². The van der Waals surface area contributed by atoms with Crippen molar-refractivity contribution in [2.75, 3.05) is 7.11 Å². The van der Waals surface area contributed by atoms with Crippen molar-refractivity contribution in [1.82, 2.24) is 5.32 Å². The minimum absolute atomic E-state index is 0.122. The second kappa shape index (κ2) is 6.36. The number of benzene rings is 1. The van der Waals surface area contributed by atoms with Crippen LogP contribution in [0, 0.1) is 5.82 Å². The molecule has 4 heteroatoms. The molecule has 0 radical (unpaired) electrons. The summed E-state index contributed by atoms with van der Waals surface area (Å²) < 4.78 is 18.3. The van der Waals surface area contributed by atoms with E-state index in [9.17, 15) is 9.18 Å². The molecule has 0 saturated heterocycles. The first kappa shape index (κ1) is 13.6. The van der Waals surface area contributed by atoms with E-state index in [0.29, 0.717) is 11.6 Å². The Morgan fingerprint density at radius 1 is 1.42 bits per heavy atom. The smallest absolute Gasteiger partial charge is 0.244 e. The highest BCUT2D eigenvalue weighted by Crippen LogP contribution is 2.19. The first-order valence-electron chi connectivity index (χ1n) is 6.51. The van der Waals surface area contributed by atoms with Crippen LogP contribution in [0.1, 0.15) is 31.2 Å². The summed E-state index contributed by atoms with van der Waals surface area (Å²) >= 11 is 0. The molecule has 0 unspecified atom stereocenters. The van der Waals surface area contributed by atoms with Crippen LogP contribution < -0.4 is 10.1 Å². The van der Waals surface area contributed by atoms with Crippen molar-refractivity contribution >= 4 is 12.0 Å². The number of carbonyl (C=O) groups is 1. The van der Waals surface area contributed by atoms with Gasteiger partial charge in [-0.2, -0.15) is 0 Å². The second-order valence-electron chi connectivity index (χ2n) is 4.72. The quantitative estimate of drug-likeness (QED) is 0.848. The zero-order valence-electron chi connectivity index (χ0n) is 11.0. The van der Waals surface area contributed by atoms with E-state index in [0.717, 1.165) is 12.8 Å². The lowest BCUT2D eigenvalue weighted by atomic mass is 10.2. The van der Waals surface area contributed by atoms with E-state index in [1.165, 1.54) is 32.1 Å². The van der Waals surface area contributed by atoms with Gasteiger partial charge < -0.3 is 10.1 Å². The molecule has 0 heterocycles. The topological polar surface area (TPSA) is 38.3 Å². The molecule has 1 amide bonds. The molecule has 3 nitrogen and oxygen atoms in total. The van der Waals surface area contributed by atoms with Gasteiger partial charge in [0.25, 0.3) is 0 Å². The largest absolute Gasteiger partial charge is 0.494 e. The molecule has 19 heavy (non-hydrogen) atoms. The lowest BCUT2D eigenvalue weighted by Crippen LogP contribution is -2.30. The van der Waals surface area contributed by atoms with Crippen LogP contribution in [0.4, 0.5) is 4.39 Å². The van der Waals surface area contributed by atoms with Crippen LogP contribution in [0.15, 0.2) is 24.3 Å². The number of hydrogen-bond acceptors (Lipinski definition) is 2. The molecule has 1 aromatic rings. The lowest BCUT2D eigenvalue weighted by molar-refractivity contribution is -0.117. The van der Waals surface area contributed by atoms with E-state index in [-0.39, 0.29) is 11.7 Å². The molecule has 0 bridgehead atoms. The molecule has 0 aliphatic heterocycles. The summed E-state index contributed by atoms with van der Waals surface area (Å²) in [7, 11) is 1.42. The summed E-state index contributed by atoms with van der Waals surface area (Å²) in [6, 6.07) is 4.90. The summed E-state index contributed by atoms with van der Waals surface area (Å²) in [4.78, 5) is 11.7. The van der Waals surface area contributed by atoms with Crippen molar-refractivity contribution in [3.8, 4) is 5.75 Å². The Balaban J connectivity index is 1.93. The highest BCUT2D eigenvalue weighted by molar-refractivity contribution is 5.91. The van der Waals surface area contributed by atoms with E-state index in [2.05, 4.69) is 5.32 Å². The fraction of sp³-hybridized carbons (Fsp3) is 0.400. The summed E-state index contributed by atoms with van der Waals surface area (Å²) in [6.07, 6.45) is 7.51. The fourth-order valence-electron chi connectivity index (χ4n) is 2.28. The van der Waals surface area contributed by atoms with Gasteiger partial charge >= 0.3 is 0 Å². The van der Waals surface area contributed by atoms with Crippen molar-refractivity contribution in [1.29, 1.82) is 0 Å². The third kappa shape index (κ3) is 3.81. The normalized spacial score (nSPS) is 15.9. The third-order valence-electron chi connectivity index (χ3n) is 3.30. The minimum Gasteiger partial charge on any atom is -0.494 e. The van der Waals surface area contributed by atoms with E-state index < -0.39 is 5.82 Å². The van der Waals surface area contributed by atoms with Crippen LogP contribution in [0.25, 0.3) is 6.08 Å². The predicted octanol–water partition coefficient (Wildman–Crippen LogP) is 2.91. The fourth-order valence-corrected chi connectivity index (χ4v) is 2.28. The second-order valence-corrected chi connectivity index (χ2v) is 4.72. The first-order chi connectivity index (χ1) is 9.19. The number of rotatable bonds is 4. The number of ether oxygens (including phenoxy) is 1. The average molecular weight is 263 g/mol. The molecule has 1 aromatic carbocycles. The van der Waals surface area contributed by atoms with E-state index >= 15 is 0 Å². The number of carbonyl (C=O) groups excluding carboxylic acids is 1. The molecule has 0 spiro atoms. The molecule has 1 N–H and O–H groups in total. The SMILES string of the molecule is COc1ccc(/C=C/C(=O)NC2CCCC2)cc1F. The molecule has 1 aliphatic carbocycles. The Kier molecular flexibility index (Phi) is 4.55. The number of methoxy groups -OCH3 is 1. The van der Waals surface area contributed by atoms with Crippen LogP contribution in [-0.2, 0) is 4.79 Å². The standard InChI is InChI=1S/C15H18FNO2/c1-19-14-8-6-11(10-13(14)16)7-9-15(18)17-12-4-2-3-5-12/h6-10,12H,2-5H2,1H3,(H,17,18)/b9-7+. The highest BCUT2D eigenvalue weighted by atomic mass is 19.1. The number of amides is 1. The Morgan fingerprint density at radius 3 is 2.79 bits per heavy atom. The molecular formula is C15H18FNO2. The van der Waals surface area contributed by atoms with Crippen LogP contribution in [-0.4, -0.2) is 19.1 Å². The zero-order valence-corrected chi connectivity index (χ0v) is 11.0.